The number of para-hydroxylation sites is 1. The Morgan fingerprint density at radius 3 is 1.69 bits per heavy atom. The van der Waals surface area contributed by atoms with Crippen LogP contribution in [0.4, 0.5) is 17.1 Å². The molecule has 0 saturated heterocycles. The lowest BCUT2D eigenvalue weighted by atomic mass is 9.91. The average Bonchev–Trinajstić information content (AvgIpc) is 3.01. The predicted octanol–water partition coefficient (Wildman–Crippen LogP) is 10.2. The lowest BCUT2D eigenvalue weighted by Crippen LogP contribution is -2.11. The molecule has 5 aromatic carbocycles. The van der Waals surface area contributed by atoms with Crippen LogP contribution in [0.2, 0.25) is 0 Å². The topological polar surface area (TPSA) is 3.24 Å². The normalized spacial score (nSPS) is 12.6. The van der Waals surface area contributed by atoms with Crippen molar-refractivity contribution in [1.82, 2.24) is 0 Å². The number of hydrogen-bond donors (Lipinski definition) is 0. The monoisotopic (exact) mass is 503 g/mol. The Morgan fingerprint density at radius 2 is 1.05 bits per heavy atom. The van der Waals surface area contributed by atoms with Gasteiger partial charge in [0.05, 0.1) is 0 Å². The van der Waals surface area contributed by atoms with Gasteiger partial charge in [-0.2, -0.15) is 0 Å². The lowest BCUT2D eigenvalue weighted by molar-refractivity contribution is 0.685. The van der Waals surface area contributed by atoms with E-state index in [1.807, 2.05) is 0 Å². The summed E-state index contributed by atoms with van der Waals surface area (Å²) in [6.45, 7) is 0. The highest BCUT2D eigenvalue weighted by Crippen LogP contribution is 2.36. The first-order chi connectivity index (χ1) is 19.3. The van der Waals surface area contributed by atoms with Gasteiger partial charge in [0.1, 0.15) is 0 Å². The molecule has 0 aliphatic heterocycles. The maximum absolute atomic E-state index is 2.40. The number of anilines is 3. The molecule has 0 heterocycles. The molecular weight excluding hydrogens is 470 g/mol. The molecule has 0 N–H and O–H groups in total. The van der Waals surface area contributed by atoms with Gasteiger partial charge in [0.15, 0.2) is 0 Å². The van der Waals surface area contributed by atoms with Crippen molar-refractivity contribution in [3.63, 3.8) is 0 Å². The van der Waals surface area contributed by atoms with Gasteiger partial charge < -0.3 is 4.90 Å². The van der Waals surface area contributed by atoms with Crippen molar-refractivity contribution in [2.75, 3.05) is 4.90 Å². The third-order valence-corrected chi connectivity index (χ3v) is 7.48. The van der Waals surface area contributed by atoms with Crippen LogP contribution in [-0.4, -0.2) is 0 Å². The average molecular weight is 504 g/mol. The molecule has 0 unspecified atom stereocenters. The van der Waals surface area contributed by atoms with Crippen LogP contribution in [0.5, 0.6) is 0 Å². The zero-order chi connectivity index (χ0) is 26.3. The first-order valence-corrected chi connectivity index (χ1v) is 13.9. The SMILES string of the molecule is C(=Cc1ccc(N(c2ccccc2)c2ccc3c(c2)CCCC3)cc1)C=C(c1ccccc1)c1ccccc1. The van der Waals surface area contributed by atoms with E-state index < -0.39 is 0 Å². The summed E-state index contributed by atoms with van der Waals surface area (Å²) in [6.07, 6.45) is 11.5. The number of benzene rings is 5. The van der Waals surface area contributed by atoms with E-state index in [0.717, 1.165) is 0 Å². The third kappa shape index (κ3) is 5.78. The van der Waals surface area contributed by atoms with E-state index in [0.29, 0.717) is 0 Å². The van der Waals surface area contributed by atoms with Gasteiger partial charge in [0.25, 0.3) is 0 Å². The molecule has 5 aromatic rings. The Labute approximate surface area is 232 Å². The fourth-order valence-corrected chi connectivity index (χ4v) is 5.47. The van der Waals surface area contributed by atoms with Crippen LogP contribution >= 0.6 is 0 Å². The number of nitrogens with zero attached hydrogens (tertiary/aromatic N) is 1. The number of allylic oxidation sites excluding steroid dienone is 2. The number of hydrogen-bond acceptors (Lipinski definition) is 1. The minimum atomic E-state index is 1.17. The number of rotatable bonds is 7. The zero-order valence-electron chi connectivity index (χ0n) is 22.2. The summed E-state index contributed by atoms with van der Waals surface area (Å²) in [7, 11) is 0. The molecule has 39 heavy (non-hydrogen) atoms. The standard InChI is InChI=1S/C38H33N/c1-4-15-32(16-5-1)38(33-17-6-2-7-18-33)22-12-13-30-23-26-36(27-24-30)39(35-20-8-3-9-21-35)37-28-25-31-14-10-11-19-34(31)29-37/h1-9,12-13,15-18,20-29H,10-11,14,19H2. The smallest absolute Gasteiger partial charge is 0.0464 e. The zero-order valence-corrected chi connectivity index (χ0v) is 22.2. The molecule has 0 fully saturated rings. The molecule has 0 saturated carbocycles. The summed E-state index contributed by atoms with van der Waals surface area (Å²) in [5.74, 6) is 0. The maximum Gasteiger partial charge on any atom is 0.0464 e. The summed E-state index contributed by atoms with van der Waals surface area (Å²) in [6, 6.07) is 47.7. The Bertz CT molecular complexity index is 1520. The van der Waals surface area contributed by atoms with Gasteiger partial charge in [-0.25, -0.2) is 0 Å². The van der Waals surface area contributed by atoms with Gasteiger partial charge in [-0.1, -0.05) is 115 Å². The summed E-state index contributed by atoms with van der Waals surface area (Å²) in [5.41, 5.74) is 11.4. The van der Waals surface area contributed by atoms with Gasteiger partial charge in [-0.05, 0) is 95.5 Å². The Hall–Kier alpha value is -4.62. The Morgan fingerprint density at radius 1 is 0.513 bits per heavy atom. The second-order valence-corrected chi connectivity index (χ2v) is 10.1. The second-order valence-electron chi connectivity index (χ2n) is 10.1. The molecule has 0 atom stereocenters. The highest BCUT2D eigenvalue weighted by Gasteiger charge is 2.16. The van der Waals surface area contributed by atoms with E-state index in [1.54, 1.807) is 0 Å². The Kier molecular flexibility index (Phi) is 7.50. The highest BCUT2D eigenvalue weighted by atomic mass is 15.1. The van der Waals surface area contributed by atoms with E-state index in [2.05, 4.69) is 157 Å². The van der Waals surface area contributed by atoms with Crippen molar-refractivity contribution >= 4 is 28.7 Å². The molecule has 1 aliphatic rings. The molecule has 0 radical (unpaired) electrons. The largest absolute Gasteiger partial charge is 0.310 e. The summed E-state index contributed by atoms with van der Waals surface area (Å²) in [4.78, 5) is 2.37. The van der Waals surface area contributed by atoms with Crippen molar-refractivity contribution < 1.29 is 0 Å². The fourth-order valence-electron chi connectivity index (χ4n) is 5.47. The Balaban J connectivity index is 1.30. The molecular formula is C38H33N. The summed E-state index contributed by atoms with van der Waals surface area (Å²) < 4.78 is 0. The molecule has 6 rings (SSSR count). The molecule has 1 heteroatoms. The molecule has 0 spiro atoms. The van der Waals surface area contributed by atoms with Gasteiger partial charge in [0.2, 0.25) is 0 Å². The molecule has 0 amide bonds. The number of fused-ring (bicyclic) bond motifs is 1. The summed E-state index contributed by atoms with van der Waals surface area (Å²) >= 11 is 0. The minimum absolute atomic E-state index is 1.17. The van der Waals surface area contributed by atoms with Crippen molar-refractivity contribution in [1.29, 1.82) is 0 Å². The first kappa shape index (κ1) is 24.7. The molecule has 0 aromatic heterocycles. The van der Waals surface area contributed by atoms with E-state index in [4.69, 9.17) is 0 Å². The maximum atomic E-state index is 2.40. The van der Waals surface area contributed by atoms with Crippen LogP contribution in [0.3, 0.4) is 0 Å². The quantitative estimate of drug-likeness (QED) is 0.200. The van der Waals surface area contributed by atoms with Crippen molar-refractivity contribution in [3.05, 3.63) is 173 Å². The van der Waals surface area contributed by atoms with E-state index in [9.17, 15) is 0 Å². The van der Waals surface area contributed by atoms with Gasteiger partial charge >= 0.3 is 0 Å². The van der Waals surface area contributed by atoms with E-state index in [-0.39, 0.29) is 0 Å². The predicted molar refractivity (Wildman–Crippen MR) is 167 cm³/mol. The lowest BCUT2D eigenvalue weighted by Gasteiger charge is -2.27. The molecule has 190 valence electrons. The van der Waals surface area contributed by atoms with Gasteiger partial charge in [0, 0.05) is 17.1 Å². The van der Waals surface area contributed by atoms with Crippen molar-refractivity contribution in [2.45, 2.75) is 25.7 Å². The van der Waals surface area contributed by atoms with Gasteiger partial charge in [-0.15, -0.1) is 0 Å². The van der Waals surface area contributed by atoms with Crippen LogP contribution in [0.15, 0.2) is 146 Å². The van der Waals surface area contributed by atoms with Crippen molar-refractivity contribution in [2.24, 2.45) is 0 Å². The molecule has 0 bridgehead atoms. The third-order valence-electron chi connectivity index (χ3n) is 7.48. The summed E-state index contributed by atoms with van der Waals surface area (Å²) in [5, 5.41) is 0. The highest BCUT2D eigenvalue weighted by molar-refractivity contribution is 5.82. The fraction of sp³-hybridized carbons (Fsp3) is 0.105. The van der Waals surface area contributed by atoms with Crippen LogP contribution < -0.4 is 4.90 Å². The van der Waals surface area contributed by atoms with Crippen LogP contribution in [0.25, 0.3) is 11.6 Å². The first-order valence-electron chi connectivity index (χ1n) is 13.9. The van der Waals surface area contributed by atoms with E-state index in [1.165, 1.54) is 76.1 Å². The van der Waals surface area contributed by atoms with Crippen LogP contribution in [0, 0.1) is 0 Å². The second kappa shape index (κ2) is 11.8. The van der Waals surface area contributed by atoms with Crippen LogP contribution in [0.1, 0.15) is 40.7 Å². The molecule has 1 aliphatic carbocycles. The van der Waals surface area contributed by atoms with Crippen molar-refractivity contribution in [3.8, 4) is 0 Å². The van der Waals surface area contributed by atoms with E-state index >= 15 is 0 Å². The van der Waals surface area contributed by atoms with Crippen LogP contribution in [-0.2, 0) is 12.8 Å². The molecule has 1 nitrogen and oxygen atoms in total. The number of aryl methyl sites for hydroxylation is 2. The minimum Gasteiger partial charge on any atom is -0.310 e. The van der Waals surface area contributed by atoms with Gasteiger partial charge in [-0.3, -0.25) is 0 Å².